The van der Waals surface area contributed by atoms with E-state index in [1.807, 2.05) is 47.4 Å². The normalized spacial score (nSPS) is 14.1. The number of benzene rings is 2. The third-order valence-electron chi connectivity index (χ3n) is 4.32. The molecule has 0 radical (unpaired) electrons. The van der Waals surface area contributed by atoms with Gasteiger partial charge in [0.25, 0.3) is 5.91 Å². The van der Waals surface area contributed by atoms with Crippen molar-refractivity contribution < 1.29 is 4.79 Å². The average Bonchev–Trinajstić information content (AvgIpc) is 2.92. The number of halogens is 2. The third-order valence-corrected chi connectivity index (χ3v) is 5.08. The highest BCUT2D eigenvalue weighted by Crippen LogP contribution is 2.30. The van der Waals surface area contributed by atoms with Crippen molar-refractivity contribution in [1.29, 1.82) is 0 Å². The Morgan fingerprint density at radius 1 is 1.17 bits per heavy atom. The van der Waals surface area contributed by atoms with Gasteiger partial charge in [-0.15, -0.1) is 0 Å². The fourth-order valence-corrected chi connectivity index (χ4v) is 3.57. The highest BCUT2D eigenvalue weighted by atomic mass is 79.9. The van der Waals surface area contributed by atoms with E-state index >= 15 is 0 Å². The predicted molar refractivity (Wildman–Crippen MR) is 95.9 cm³/mol. The highest BCUT2D eigenvalue weighted by molar-refractivity contribution is 9.10. The smallest absolute Gasteiger partial charge is 0.254 e. The first-order valence-electron chi connectivity index (χ1n) is 7.45. The summed E-state index contributed by atoms with van der Waals surface area (Å²) in [5, 5.41) is 1.83. The van der Waals surface area contributed by atoms with Crippen LogP contribution in [0.5, 0.6) is 0 Å². The molecule has 116 valence electrons. The molecule has 0 saturated heterocycles. The van der Waals surface area contributed by atoms with Crippen LogP contribution >= 0.6 is 27.5 Å². The van der Waals surface area contributed by atoms with Crippen LogP contribution in [0.4, 0.5) is 0 Å². The van der Waals surface area contributed by atoms with E-state index in [1.54, 1.807) is 0 Å². The van der Waals surface area contributed by atoms with Crippen LogP contribution in [-0.4, -0.2) is 22.3 Å². The molecule has 1 N–H and O–H groups in total. The van der Waals surface area contributed by atoms with Gasteiger partial charge in [-0.2, -0.15) is 0 Å². The van der Waals surface area contributed by atoms with Gasteiger partial charge < -0.3 is 9.88 Å². The van der Waals surface area contributed by atoms with Crippen molar-refractivity contribution >= 4 is 44.3 Å². The number of fused-ring (bicyclic) bond motifs is 3. The molecule has 0 aliphatic carbocycles. The van der Waals surface area contributed by atoms with Crippen LogP contribution in [0.3, 0.4) is 0 Å². The summed E-state index contributed by atoms with van der Waals surface area (Å²) in [6.45, 7) is 1.34. The predicted octanol–water partition coefficient (Wildman–Crippen LogP) is 4.78. The van der Waals surface area contributed by atoms with Gasteiger partial charge in [0.05, 0.1) is 0 Å². The number of rotatable bonds is 1. The third kappa shape index (κ3) is 2.66. The van der Waals surface area contributed by atoms with Crippen molar-refractivity contribution in [2.75, 3.05) is 6.54 Å². The lowest BCUT2D eigenvalue weighted by atomic mass is 10.0. The molecule has 0 unspecified atom stereocenters. The SMILES string of the molecule is O=C(c1ccc(Br)cc1)N1CCc2[nH]c3ccc(Cl)cc3c2C1. The van der Waals surface area contributed by atoms with Crippen molar-refractivity contribution in [3.8, 4) is 0 Å². The van der Waals surface area contributed by atoms with Crippen molar-refractivity contribution in [2.24, 2.45) is 0 Å². The van der Waals surface area contributed by atoms with Crippen LogP contribution in [0, 0.1) is 0 Å². The van der Waals surface area contributed by atoms with Gasteiger partial charge in [-0.3, -0.25) is 4.79 Å². The second-order valence-electron chi connectivity index (χ2n) is 5.76. The summed E-state index contributed by atoms with van der Waals surface area (Å²) in [5.74, 6) is 0.0690. The molecule has 3 nitrogen and oxygen atoms in total. The molecule has 0 bridgehead atoms. The number of carbonyl (C=O) groups is 1. The summed E-state index contributed by atoms with van der Waals surface area (Å²) in [4.78, 5) is 18.1. The number of hydrogen-bond acceptors (Lipinski definition) is 1. The van der Waals surface area contributed by atoms with Crippen LogP contribution in [0.15, 0.2) is 46.9 Å². The van der Waals surface area contributed by atoms with E-state index in [0.717, 1.165) is 38.9 Å². The first-order chi connectivity index (χ1) is 11.1. The number of hydrogen-bond donors (Lipinski definition) is 1. The van der Waals surface area contributed by atoms with Gasteiger partial charge in [0.15, 0.2) is 0 Å². The molecule has 1 amide bonds. The molecule has 1 aliphatic rings. The Hall–Kier alpha value is -1.78. The maximum Gasteiger partial charge on any atom is 0.254 e. The summed E-state index contributed by atoms with van der Waals surface area (Å²) in [7, 11) is 0. The molecule has 0 fully saturated rings. The van der Waals surface area contributed by atoms with Gasteiger partial charge in [-0.1, -0.05) is 27.5 Å². The second-order valence-corrected chi connectivity index (χ2v) is 7.11. The Labute approximate surface area is 147 Å². The van der Waals surface area contributed by atoms with Crippen molar-refractivity contribution in [3.63, 3.8) is 0 Å². The number of nitrogens with zero attached hydrogens (tertiary/aromatic N) is 1. The summed E-state index contributed by atoms with van der Waals surface area (Å²) < 4.78 is 0.973. The minimum atomic E-state index is 0.0690. The van der Waals surface area contributed by atoms with Crippen molar-refractivity contribution in [3.05, 3.63) is 68.8 Å². The highest BCUT2D eigenvalue weighted by Gasteiger charge is 2.24. The zero-order valence-electron chi connectivity index (χ0n) is 12.3. The monoisotopic (exact) mass is 388 g/mol. The van der Waals surface area contributed by atoms with Crippen LogP contribution in [-0.2, 0) is 13.0 Å². The van der Waals surface area contributed by atoms with Crippen LogP contribution < -0.4 is 0 Å². The molecule has 1 aromatic heterocycles. The zero-order chi connectivity index (χ0) is 16.0. The van der Waals surface area contributed by atoms with E-state index in [9.17, 15) is 4.79 Å². The lowest BCUT2D eigenvalue weighted by Crippen LogP contribution is -2.35. The fourth-order valence-electron chi connectivity index (χ4n) is 3.13. The number of nitrogens with one attached hydrogen (secondary N) is 1. The van der Waals surface area contributed by atoms with Crippen LogP contribution in [0.2, 0.25) is 5.02 Å². The molecule has 0 saturated carbocycles. The average molecular weight is 390 g/mol. The Kier molecular flexibility index (Phi) is 3.66. The van der Waals surface area contributed by atoms with Crippen molar-refractivity contribution in [2.45, 2.75) is 13.0 Å². The summed E-state index contributed by atoms with van der Waals surface area (Å²) in [6, 6.07) is 13.4. The Morgan fingerprint density at radius 2 is 1.96 bits per heavy atom. The number of H-pyrrole nitrogens is 1. The van der Waals surface area contributed by atoms with Gasteiger partial charge >= 0.3 is 0 Å². The van der Waals surface area contributed by atoms with E-state index in [2.05, 4.69) is 20.9 Å². The summed E-state index contributed by atoms with van der Waals surface area (Å²) >= 11 is 9.53. The Bertz CT molecular complexity index is 901. The van der Waals surface area contributed by atoms with Gasteiger partial charge in [-0.25, -0.2) is 0 Å². The molecule has 3 aromatic rings. The molecule has 0 spiro atoms. The first-order valence-corrected chi connectivity index (χ1v) is 8.63. The number of aromatic nitrogens is 1. The molecular weight excluding hydrogens is 376 g/mol. The lowest BCUT2D eigenvalue weighted by Gasteiger charge is -2.27. The van der Waals surface area contributed by atoms with E-state index < -0.39 is 0 Å². The maximum atomic E-state index is 12.7. The molecular formula is C18H14BrClN2O. The van der Waals surface area contributed by atoms with E-state index in [-0.39, 0.29) is 5.91 Å². The van der Waals surface area contributed by atoms with E-state index in [0.29, 0.717) is 6.54 Å². The van der Waals surface area contributed by atoms with Crippen LogP contribution in [0.25, 0.3) is 10.9 Å². The standard InChI is InChI=1S/C18H14BrClN2O/c19-12-3-1-11(2-4-12)18(23)22-8-7-17-15(10-22)14-9-13(20)5-6-16(14)21-17/h1-6,9,21H,7-8,10H2. The van der Waals surface area contributed by atoms with Gasteiger partial charge in [0, 0.05) is 56.7 Å². The molecule has 0 atom stereocenters. The molecule has 23 heavy (non-hydrogen) atoms. The molecule has 2 heterocycles. The van der Waals surface area contributed by atoms with Gasteiger partial charge in [0.1, 0.15) is 0 Å². The summed E-state index contributed by atoms with van der Waals surface area (Å²) in [6.07, 6.45) is 0.837. The van der Waals surface area contributed by atoms with Crippen LogP contribution in [0.1, 0.15) is 21.6 Å². The molecule has 5 heteroatoms. The number of carbonyl (C=O) groups excluding carboxylic acids is 1. The lowest BCUT2D eigenvalue weighted by molar-refractivity contribution is 0.0735. The largest absolute Gasteiger partial charge is 0.358 e. The molecule has 4 rings (SSSR count). The van der Waals surface area contributed by atoms with Gasteiger partial charge in [0.2, 0.25) is 0 Å². The maximum absolute atomic E-state index is 12.7. The van der Waals surface area contributed by atoms with E-state index in [4.69, 9.17) is 11.6 Å². The summed E-state index contributed by atoms with van der Waals surface area (Å²) in [5.41, 5.74) is 4.19. The molecule has 1 aliphatic heterocycles. The first kappa shape index (κ1) is 14.8. The Morgan fingerprint density at radius 3 is 2.74 bits per heavy atom. The molecule has 2 aromatic carbocycles. The quantitative estimate of drug-likeness (QED) is 0.638. The topological polar surface area (TPSA) is 36.1 Å². The number of amides is 1. The number of aromatic amines is 1. The minimum Gasteiger partial charge on any atom is -0.358 e. The Balaban J connectivity index is 1.67. The second kappa shape index (κ2) is 5.69. The fraction of sp³-hybridized carbons (Fsp3) is 0.167. The zero-order valence-corrected chi connectivity index (χ0v) is 14.6. The van der Waals surface area contributed by atoms with Crippen molar-refractivity contribution in [1.82, 2.24) is 9.88 Å². The minimum absolute atomic E-state index is 0.0690. The van der Waals surface area contributed by atoms with E-state index in [1.165, 1.54) is 11.3 Å². The van der Waals surface area contributed by atoms with Gasteiger partial charge in [-0.05, 0) is 42.5 Å².